The Bertz CT molecular complexity index is 1240. The molecule has 1 amide bonds. The number of para-hydroxylation sites is 1. The largest absolute Gasteiger partial charge is 0.456 e. The maximum Gasteiger partial charge on any atom is 0.255 e. The summed E-state index contributed by atoms with van der Waals surface area (Å²) in [6, 6.07) is 20.9. The Morgan fingerprint density at radius 3 is 2.46 bits per heavy atom. The molecule has 1 aromatic heterocycles. The van der Waals surface area contributed by atoms with E-state index in [0.29, 0.717) is 38.6 Å². The lowest BCUT2D eigenvalue weighted by atomic mass is 10.1. The van der Waals surface area contributed by atoms with Crippen molar-refractivity contribution >= 4 is 34.2 Å². The summed E-state index contributed by atoms with van der Waals surface area (Å²) in [6.45, 7) is 1.93. The fourth-order valence-corrected chi connectivity index (χ4v) is 3.14. The van der Waals surface area contributed by atoms with Crippen LogP contribution in [0.3, 0.4) is 0 Å². The van der Waals surface area contributed by atoms with Crippen LogP contribution in [0.15, 0.2) is 82.0 Å². The Kier molecular flexibility index (Phi) is 4.72. The van der Waals surface area contributed by atoms with Crippen molar-refractivity contribution in [2.24, 2.45) is 0 Å². The molecule has 0 spiro atoms. The fraction of sp³-hybridized carbons (Fsp3) is 0.0435. The molecule has 1 heterocycles. The van der Waals surface area contributed by atoms with Gasteiger partial charge in [0.1, 0.15) is 11.3 Å². The summed E-state index contributed by atoms with van der Waals surface area (Å²) in [4.78, 5) is 24.8. The van der Waals surface area contributed by atoms with Crippen molar-refractivity contribution in [2.45, 2.75) is 6.92 Å². The topological polar surface area (TPSA) is 59.3 Å². The first-order chi connectivity index (χ1) is 13.5. The number of carbonyl (C=O) groups is 1. The molecule has 0 bridgehead atoms. The van der Waals surface area contributed by atoms with Gasteiger partial charge in [0.15, 0.2) is 5.43 Å². The molecule has 0 radical (unpaired) electrons. The van der Waals surface area contributed by atoms with Crippen molar-refractivity contribution in [3.63, 3.8) is 0 Å². The summed E-state index contributed by atoms with van der Waals surface area (Å²) in [5.41, 5.74) is 3.18. The molecule has 0 aliphatic heterocycles. The number of amides is 1. The number of anilines is 1. The highest BCUT2D eigenvalue weighted by atomic mass is 35.5. The number of aryl methyl sites for hydroxylation is 1. The van der Waals surface area contributed by atoms with Gasteiger partial charge in [-0.2, -0.15) is 0 Å². The normalized spacial score (nSPS) is 10.8. The molecular weight excluding hydrogens is 374 g/mol. The van der Waals surface area contributed by atoms with Crippen LogP contribution in [0.2, 0.25) is 5.02 Å². The summed E-state index contributed by atoms with van der Waals surface area (Å²) in [7, 11) is 0. The Balaban J connectivity index is 1.62. The van der Waals surface area contributed by atoms with Crippen molar-refractivity contribution in [2.75, 3.05) is 5.32 Å². The zero-order valence-corrected chi connectivity index (χ0v) is 15.8. The smallest absolute Gasteiger partial charge is 0.255 e. The number of halogens is 1. The first-order valence-electron chi connectivity index (χ1n) is 8.72. The minimum Gasteiger partial charge on any atom is -0.456 e. The standard InChI is InChI=1S/C23H16ClNO3/c1-14-6-11-21-17(12-14)20(26)13-22(28-21)15-7-9-16(10-8-15)23(27)25-19-5-3-2-4-18(19)24/h2-13H,1H3,(H,25,27). The van der Waals surface area contributed by atoms with E-state index in [2.05, 4.69) is 5.32 Å². The van der Waals surface area contributed by atoms with E-state index in [9.17, 15) is 9.59 Å². The van der Waals surface area contributed by atoms with Crippen molar-refractivity contribution in [1.82, 2.24) is 0 Å². The number of benzene rings is 3. The number of nitrogens with one attached hydrogen (secondary N) is 1. The van der Waals surface area contributed by atoms with Gasteiger partial charge < -0.3 is 9.73 Å². The Hall–Kier alpha value is -3.37. The van der Waals surface area contributed by atoms with Crippen molar-refractivity contribution in [3.05, 3.63) is 99.2 Å². The van der Waals surface area contributed by atoms with Gasteiger partial charge in [0, 0.05) is 17.2 Å². The van der Waals surface area contributed by atoms with Crippen LogP contribution in [0, 0.1) is 6.92 Å². The number of hydrogen-bond acceptors (Lipinski definition) is 3. The van der Waals surface area contributed by atoms with Crippen LogP contribution in [-0.4, -0.2) is 5.91 Å². The van der Waals surface area contributed by atoms with E-state index in [-0.39, 0.29) is 11.3 Å². The zero-order chi connectivity index (χ0) is 19.7. The minimum atomic E-state index is -0.268. The van der Waals surface area contributed by atoms with Gasteiger partial charge in [-0.05, 0) is 43.3 Å². The molecule has 1 N–H and O–H groups in total. The average Bonchev–Trinajstić information content (AvgIpc) is 2.70. The third-order valence-electron chi connectivity index (χ3n) is 4.44. The SMILES string of the molecule is Cc1ccc2oc(-c3ccc(C(=O)Nc4ccccc4Cl)cc3)cc(=O)c2c1. The molecule has 5 heteroatoms. The molecule has 0 fully saturated rings. The zero-order valence-electron chi connectivity index (χ0n) is 15.0. The Labute approximate surface area is 166 Å². The van der Waals surface area contributed by atoms with E-state index in [4.69, 9.17) is 16.0 Å². The molecule has 0 saturated heterocycles. The number of rotatable bonds is 3. The average molecular weight is 390 g/mol. The first-order valence-corrected chi connectivity index (χ1v) is 9.10. The van der Waals surface area contributed by atoms with Crippen molar-refractivity contribution in [1.29, 1.82) is 0 Å². The highest BCUT2D eigenvalue weighted by Crippen LogP contribution is 2.24. The van der Waals surface area contributed by atoms with Gasteiger partial charge in [-0.25, -0.2) is 0 Å². The van der Waals surface area contributed by atoms with E-state index >= 15 is 0 Å². The summed E-state index contributed by atoms with van der Waals surface area (Å²) in [5.74, 6) is 0.189. The fourth-order valence-electron chi connectivity index (χ4n) is 2.96. The minimum absolute atomic E-state index is 0.0968. The number of carbonyl (C=O) groups excluding carboxylic acids is 1. The molecule has 3 aromatic carbocycles. The summed E-state index contributed by atoms with van der Waals surface area (Å²) in [6.07, 6.45) is 0. The van der Waals surface area contributed by atoms with E-state index in [0.717, 1.165) is 5.56 Å². The molecule has 4 nitrogen and oxygen atoms in total. The Morgan fingerprint density at radius 1 is 0.964 bits per heavy atom. The maximum atomic E-state index is 12.4. The molecule has 4 rings (SSSR count). The molecular formula is C23H16ClNO3. The monoisotopic (exact) mass is 389 g/mol. The van der Waals surface area contributed by atoms with Crippen LogP contribution < -0.4 is 10.7 Å². The molecule has 0 aliphatic carbocycles. The van der Waals surface area contributed by atoms with E-state index in [1.165, 1.54) is 6.07 Å². The second-order valence-corrected chi connectivity index (χ2v) is 6.89. The highest BCUT2D eigenvalue weighted by molar-refractivity contribution is 6.33. The van der Waals surface area contributed by atoms with Crippen LogP contribution in [0.1, 0.15) is 15.9 Å². The van der Waals surface area contributed by atoms with Crippen LogP contribution in [-0.2, 0) is 0 Å². The van der Waals surface area contributed by atoms with Gasteiger partial charge in [0.25, 0.3) is 5.91 Å². The molecule has 28 heavy (non-hydrogen) atoms. The lowest BCUT2D eigenvalue weighted by molar-refractivity contribution is 0.102. The van der Waals surface area contributed by atoms with Gasteiger partial charge in [-0.1, -0.05) is 47.5 Å². The third kappa shape index (κ3) is 3.55. The van der Waals surface area contributed by atoms with E-state index in [1.807, 2.05) is 19.1 Å². The second kappa shape index (κ2) is 7.33. The molecule has 4 aromatic rings. The third-order valence-corrected chi connectivity index (χ3v) is 4.77. The van der Waals surface area contributed by atoms with Crippen LogP contribution in [0.25, 0.3) is 22.3 Å². The highest BCUT2D eigenvalue weighted by Gasteiger charge is 2.11. The molecule has 0 atom stereocenters. The van der Waals surface area contributed by atoms with Gasteiger partial charge in [0.2, 0.25) is 0 Å². The summed E-state index contributed by atoms with van der Waals surface area (Å²) in [5, 5.41) is 3.81. The maximum absolute atomic E-state index is 12.4. The van der Waals surface area contributed by atoms with Gasteiger partial charge in [0.05, 0.1) is 16.1 Å². The number of fused-ring (bicyclic) bond motifs is 1. The predicted molar refractivity (Wildman–Crippen MR) is 112 cm³/mol. The van der Waals surface area contributed by atoms with Crippen molar-refractivity contribution in [3.8, 4) is 11.3 Å². The van der Waals surface area contributed by atoms with Crippen molar-refractivity contribution < 1.29 is 9.21 Å². The van der Waals surface area contributed by atoms with E-state index in [1.54, 1.807) is 54.6 Å². The summed E-state index contributed by atoms with van der Waals surface area (Å²) >= 11 is 6.08. The number of hydrogen-bond donors (Lipinski definition) is 1. The lowest BCUT2D eigenvalue weighted by Crippen LogP contribution is -2.12. The predicted octanol–water partition coefficient (Wildman–Crippen LogP) is 5.67. The van der Waals surface area contributed by atoms with Crippen LogP contribution in [0.4, 0.5) is 5.69 Å². The van der Waals surface area contributed by atoms with Gasteiger partial charge in [-0.15, -0.1) is 0 Å². The quantitative estimate of drug-likeness (QED) is 0.490. The van der Waals surface area contributed by atoms with Gasteiger partial charge >= 0.3 is 0 Å². The van der Waals surface area contributed by atoms with Crippen LogP contribution >= 0.6 is 11.6 Å². The van der Waals surface area contributed by atoms with Crippen LogP contribution in [0.5, 0.6) is 0 Å². The Morgan fingerprint density at radius 2 is 1.71 bits per heavy atom. The molecule has 0 unspecified atom stereocenters. The van der Waals surface area contributed by atoms with Gasteiger partial charge in [-0.3, -0.25) is 9.59 Å². The lowest BCUT2D eigenvalue weighted by Gasteiger charge is -2.08. The summed E-state index contributed by atoms with van der Waals surface area (Å²) < 4.78 is 5.88. The first kappa shape index (κ1) is 18.0. The second-order valence-electron chi connectivity index (χ2n) is 6.49. The molecule has 138 valence electrons. The molecule has 0 aliphatic rings. The molecule has 0 saturated carbocycles. The van der Waals surface area contributed by atoms with E-state index < -0.39 is 0 Å².